The van der Waals surface area contributed by atoms with Gasteiger partial charge in [-0.2, -0.15) is 0 Å². The Hall–Kier alpha value is -1.67. The minimum absolute atomic E-state index is 0.0793. The molecule has 18 heavy (non-hydrogen) atoms. The van der Waals surface area contributed by atoms with Crippen LogP contribution in [0.1, 0.15) is 4.88 Å². The van der Waals surface area contributed by atoms with Crippen molar-refractivity contribution in [3.63, 3.8) is 0 Å². The molecule has 0 aliphatic carbocycles. The van der Waals surface area contributed by atoms with E-state index in [1.54, 1.807) is 6.07 Å². The van der Waals surface area contributed by atoms with E-state index in [9.17, 15) is 14.4 Å². The number of aliphatic carboxylic acids is 1. The maximum Gasteiger partial charge on any atom is 0.329 e. The first-order valence-electron chi connectivity index (χ1n) is 4.79. The number of rotatable bonds is 3. The van der Waals surface area contributed by atoms with Crippen LogP contribution in [0.25, 0.3) is 6.08 Å². The zero-order chi connectivity index (χ0) is 13.3. The lowest BCUT2D eigenvalue weighted by Gasteiger charge is -2.06. The van der Waals surface area contributed by atoms with Crippen molar-refractivity contribution in [2.75, 3.05) is 6.54 Å². The summed E-state index contributed by atoms with van der Waals surface area (Å²) in [7, 11) is 0. The van der Waals surface area contributed by atoms with E-state index in [4.69, 9.17) is 5.11 Å². The Balaban J connectivity index is 2.22. The molecule has 2 rings (SSSR count). The van der Waals surface area contributed by atoms with Crippen molar-refractivity contribution in [3.8, 4) is 0 Å². The van der Waals surface area contributed by atoms with Crippen LogP contribution in [0.15, 0.2) is 21.6 Å². The molecular formula is C10H7BrN2O4S. The van der Waals surface area contributed by atoms with Gasteiger partial charge >= 0.3 is 12.0 Å². The molecule has 94 valence electrons. The van der Waals surface area contributed by atoms with Crippen molar-refractivity contribution in [1.82, 2.24) is 10.2 Å². The molecule has 8 heteroatoms. The largest absolute Gasteiger partial charge is 0.480 e. The Kier molecular flexibility index (Phi) is 3.48. The van der Waals surface area contributed by atoms with Crippen LogP contribution in [0.4, 0.5) is 4.79 Å². The molecule has 3 amide bonds. The number of halogens is 1. The van der Waals surface area contributed by atoms with Crippen LogP contribution < -0.4 is 5.32 Å². The molecule has 0 saturated carbocycles. The van der Waals surface area contributed by atoms with Crippen molar-refractivity contribution >= 4 is 51.3 Å². The number of carboxylic acid groups (broad SMARTS) is 1. The van der Waals surface area contributed by atoms with E-state index in [-0.39, 0.29) is 5.70 Å². The summed E-state index contributed by atoms with van der Waals surface area (Å²) in [5.74, 6) is -1.87. The molecule has 2 N–H and O–H groups in total. The first-order chi connectivity index (χ1) is 8.47. The number of nitrogens with one attached hydrogen (secondary N) is 1. The molecule has 0 aromatic carbocycles. The van der Waals surface area contributed by atoms with Crippen molar-refractivity contribution in [2.24, 2.45) is 0 Å². The average Bonchev–Trinajstić information content (AvgIpc) is 2.78. The van der Waals surface area contributed by atoms with Crippen LogP contribution in [0, 0.1) is 0 Å². The number of nitrogens with zero attached hydrogens (tertiary/aromatic N) is 1. The summed E-state index contributed by atoms with van der Waals surface area (Å²) in [6.45, 7) is -0.643. The first kappa shape index (κ1) is 12.8. The Morgan fingerprint density at radius 1 is 1.50 bits per heavy atom. The van der Waals surface area contributed by atoms with Gasteiger partial charge in [-0.1, -0.05) is 0 Å². The number of imide groups is 1. The topological polar surface area (TPSA) is 86.7 Å². The predicted octanol–water partition coefficient (Wildman–Crippen LogP) is 1.49. The maximum absolute atomic E-state index is 11.8. The normalized spacial score (nSPS) is 17.4. The lowest BCUT2D eigenvalue weighted by atomic mass is 10.3. The highest BCUT2D eigenvalue weighted by Crippen LogP contribution is 2.24. The molecule has 2 heterocycles. The molecule has 0 spiro atoms. The van der Waals surface area contributed by atoms with Gasteiger partial charge in [0.25, 0.3) is 5.91 Å². The fourth-order valence-electron chi connectivity index (χ4n) is 1.40. The number of hydrogen-bond donors (Lipinski definition) is 2. The van der Waals surface area contributed by atoms with Gasteiger partial charge in [-0.15, -0.1) is 11.3 Å². The van der Waals surface area contributed by atoms with Gasteiger partial charge in [0.2, 0.25) is 0 Å². The van der Waals surface area contributed by atoms with Gasteiger partial charge in [0.05, 0.1) is 3.79 Å². The van der Waals surface area contributed by atoms with Gasteiger partial charge in [-0.25, -0.2) is 9.69 Å². The quantitative estimate of drug-likeness (QED) is 0.649. The van der Waals surface area contributed by atoms with Gasteiger partial charge in [0, 0.05) is 4.88 Å². The molecule has 6 nitrogen and oxygen atoms in total. The number of carbonyl (C=O) groups excluding carboxylic acids is 2. The van der Waals surface area contributed by atoms with Crippen molar-refractivity contribution in [3.05, 3.63) is 26.5 Å². The van der Waals surface area contributed by atoms with Crippen molar-refractivity contribution in [1.29, 1.82) is 0 Å². The second-order valence-electron chi connectivity index (χ2n) is 3.42. The summed E-state index contributed by atoms with van der Waals surface area (Å²) < 4.78 is 0.897. The average molecular weight is 331 g/mol. The van der Waals surface area contributed by atoms with Crippen LogP contribution in [-0.2, 0) is 9.59 Å². The fourth-order valence-corrected chi connectivity index (χ4v) is 2.77. The van der Waals surface area contributed by atoms with Crippen molar-refractivity contribution in [2.45, 2.75) is 0 Å². The van der Waals surface area contributed by atoms with Gasteiger partial charge in [-0.05, 0) is 34.1 Å². The summed E-state index contributed by atoms with van der Waals surface area (Å²) in [6, 6.07) is 2.87. The molecular weight excluding hydrogens is 324 g/mol. The first-order valence-corrected chi connectivity index (χ1v) is 6.40. The van der Waals surface area contributed by atoms with E-state index in [0.29, 0.717) is 4.90 Å². The van der Waals surface area contributed by atoms with Crippen LogP contribution in [0.3, 0.4) is 0 Å². The molecule has 0 unspecified atom stereocenters. The number of hydrogen-bond acceptors (Lipinski definition) is 4. The summed E-state index contributed by atoms with van der Waals surface area (Å²) in [5, 5.41) is 10.9. The minimum Gasteiger partial charge on any atom is -0.480 e. The third-order valence-corrected chi connectivity index (χ3v) is 3.71. The summed E-state index contributed by atoms with van der Waals surface area (Å²) in [5.41, 5.74) is 0.0793. The monoisotopic (exact) mass is 330 g/mol. The number of carboxylic acids is 1. The zero-order valence-corrected chi connectivity index (χ0v) is 11.2. The lowest BCUT2D eigenvalue weighted by molar-refractivity contribution is -0.140. The van der Waals surface area contributed by atoms with E-state index in [1.807, 2.05) is 6.07 Å². The van der Waals surface area contributed by atoms with Gasteiger partial charge in [0.1, 0.15) is 12.2 Å². The van der Waals surface area contributed by atoms with E-state index >= 15 is 0 Å². The van der Waals surface area contributed by atoms with Crippen LogP contribution in [-0.4, -0.2) is 34.5 Å². The maximum atomic E-state index is 11.8. The molecule has 0 radical (unpaired) electrons. The molecule has 1 aromatic heterocycles. The Bertz CT molecular complexity index is 566. The van der Waals surface area contributed by atoms with E-state index in [2.05, 4.69) is 21.2 Å². The third kappa shape index (κ3) is 2.59. The van der Waals surface area contributed by atoms with Crippen LogP contribution in [0.2, 0.25) is 0 Å². The summed E-state index contributed by atoms with van der Waals surface area (Å²) in [4.78, 5) is 35.1. The fraction of sp³-hybridized carbons (Fsp3) is 0.100. The number of urea groups is 1. The highest BCUT2D eigenvalue weighted by Gasteiger charge is 2.34. The predicted molar refractivity (Wildman–Crippen MR) is 67.9 cm³/mol. The molecule has 1 aromatic rings. The van der Waals surface area contributed by atoms with E-state index < -0.39 is 24.5 Å². The number of thiophene rings is 1. The molecule has 0 atom stereocenters. The molecule has 1 aliphatic heterocycles. The summed E-state index contributed by atoms with van der Waals surface area (Å²) in [6.07, 6.45) is 1.51. The number of carbonyl (C=O) groups is 3. The second-order valence-corrected chi connectivity index (χ2v) is 5.91. The highest BCUT2D eigenvalue weighted by molar-refractivity contribution is 9.11. The number of amides is 3. The highest BCUT2D eigenvalue weighted by atomic mass is 79.9. The SMILES string of the molecule is O=C(O)CN1C(=O)N/C(=C/c2ccc(Br)s2)C1=O. The molecule has 1 saturated heterocycles. The minimum atomic E-state index is -1.24. The zero-order valence-electron chi connectivity index (χ0n) is 8.84. The van der Waals surface area contributed by atoms with Gasteiger partial charge in [0.15, 0.2) is 0 Å². The van der Waals surface area contributed by atoms with Gasteiger partial charge in [-0.3, -0.25) is 9.59 Å². The molecule has 1 aliphatic rings. The Morgan fingerprint density at radius 3 is 2.78 bits per heavy atom. The van der Waals surface area contributed by atoms with Gasteiger partial charge < -0.3 is 10.4 Å². The van der Waals surface area contributed by atoms with E-state index in [0.717, 1.165) is 8.66 Å². The standard InChI is InChI=1S/C10H7BrN2O4S/c11-7-2-1-5(18-7)3-6-9(16)13(4-8(14)15)10(17)12-6/h1-3H,4H2,(H,12,17)(H,14,15)/b6-3+. The Morgan fingerprint density at radius 2 is 2.22 bits per heavy atom. The van der Waals surface area contributed by atoms with Crippen LogP contribution >= 0.6 is 27.3 Å². The van der Waals surface area contributed by atoms with Crippen molar-refractivity contribution < 1.29 is 19.5 Å². The molecule has 0 bridgehead atoms. The lowest BCUT2D eigenvalue weighted by Crippen LogP contribution is -2.35. The smallest absolute Gasteiger partial charge is 0.329 e. The Labute approximate surface area is 114 Å². The van der Waals surface area contributed by atoms with E-state index in [1.165, 1.54) is 17.4 Å². The molecule has 1 fully saturated rings. The van der Waals surface area contributed by atoms with Crippen LogP contribution in [0.5, 0.6) is 0 Å². The second kappa shape index (κ2) is 4.91. The third-order valence-electron chi connectivity index (χ3n) is 2.14. The summed E-state index contributed by atoms with van der Waals surface area (Å²) >= 11 is 4.68.